The van der Waals surface area contributed by atoms with Crippen molar-refractivity contribution < 1.29 is 13.9 Å². The molecule has 0 fully saturated rings. The van der Waals surface area contributed by atoms with Crippen molar-refractivity contribution in [2.45, 2.75) is 0 Å². The van der Waals surface area contributed by atoms with Gasteiger partial charge in [0.2, 0.25) is 5.78 Å². The van der Waals surface area contributed by atoms with Crippen molar-refractivity contribution in [3.8, 4) is 22.6 Å². The molecule has 4 aromatic rings. The Morgan fingerprint density at radius 1 is 1.19 bits per heavy atom. The van der Waals surface area contributed by atoms with Gasteiger partial charge in [0.15, 0.2) is 16.6 Å². The van der Waals surface area contributed by atoms with E-state index in [0.29, 0.717) is 16.3 Å². The van der Waals surface area contributed by atoms with E-state index in [9.17, 15) is 9.18 Å². The number of para-hydroxylation sites is 1. The highest BCUT2D eigenvalue weighted by Crippen LogP contribution is 2.33. The van der Waals surface area contributed by atoms with Crippen LogP contribution in [0.5, 0.6) is 5.75 Å². The molecule has 5 nitrogen and oxygen atoms in total. The molecule has 0 bridgehead atoms. The van der Waals surface area contributed by atoms with Gasteiger partial charge < -0.3 is 9.30 Å². The highest BCUT2D eigenvalue weighted by atomic mass is 32.1. The van der Waals surface area contributed by atoms with Crippen LogP contribution >= 0.6 is 11.3 Å². The van der Waals surface area contributed by atoms with E-state index in [2.05, 4.69) is 9.97 Å². The van der Waals surface area contributed by atoms with Crippen LogP contribution in [-0.4, -0.2) is 27.4 Å². The SMILES string of the molecule is COc1c(F)cccc1-c1cccc(-n2cnc(C(=O)c3nccs3)c2)c1. The van der Waals surface area contributed by atoms with Crippen LogP contribution in [0.25, 0.3) is 16.8 Å². The molecule has 0 aliphatic heterocycles. The molecular weight excluding hydrogens is 365 g/mol. The molecule has 0 N–H and O–H groups in total. The van der Waals surface area contributed by atoms with Crippen molar-refractivity contribution in [3.05, 3.63) is 83.1 Å². The number of ether oxygens (including phenoxy) is 1. The predicted molar refractivity (Wildman–Crippen MR) is 101 cm³/mol. The Hall–Kier alpha value is -3.32. The lowest BCUT2D eigenvalue weighted by Crippen LogP contribution is -2.00. The molecule has 2 heterocycles. The molecule has 0 aliphatic carbocycles. The Labute approximate surface area is 158 Å². The lowest BCUT2D eigenvalue weighted by atomic mass is 10.0. The minimum atomic E-state index is -0.417. The van der Waals surface area contributed by atoms with Crippen molar-refractivity contribution in [1.29, 1.82) is 0 Å². The number of carbonyl (C=O) groups excluding carboxylic acids is 1. The van der Waals surface area contributed by atoms with Crippen LogP contribution in [0, 0.1) is 5.82 Å². The van der Waals surface area contributed by atoms with E-state index in [4.69, 9.17) is 4.74 Å². The molecule has 0 atom stereocenters. The lowest BCUT2D eigenvalue weighted by molar-refractivity contribution is 0.103. The molecule has 7 heteroatoms. The molecule has 2 aromatic heterocycles. The summed E-state index contributed by atoms with van der Waals surface area (Å²) < 4.78 is 21.0. The number of imidazole rings is 1. The van der Waals surface area contributed by atoms with Gasteiger partial charge in [-0.1, -0.05) is 24.3 Å². The van der Waals surface area contributed by atoms with Crippen molar-refractivity contribution in [2.24, 2.45) is 0 Å². The minimum absolute atomic E-state index is 0.194. The van der Waals surface area contributed by atoms with Gasteiger partial charge in [-0.2, -0.15) is 0 Å². The van der Waals surface area contributed by atoms with Gasteiger partial charge in [-0.25, -0.2) is 14.4 Å². The molecule has 0 spiro atoms. The van der Waals surface area contributed by atoms with Gasteiger partial charge in [-0.05, 0) is 23.8 Å². The molecule has 0 radical (unpaired) electrons. The number of ketones is 1. The number of aromatic nitrogens is 3. The van der Waals surface area contributed by atoms with Gasteiger partial charge in [0.25, 0.3) is 0 Å². The highest BCUT2D eigenvalue weighted by molar-refractivity contribution is 7.11. The first-order valence-electron chi connectivity index (χ1n) is 8.09. The third-order valence-electron chi connectivity index (χ3n) is 4.07. The standard InChI is InChI=1S/C20H14FN3O2S/c1-26-19-15(6-3-7-16(19)21)13-4-2-5-14(10-13)24-11-17(23-12-24)18(25)20-22-8-9-27-20/h2-12H,1H3. The number of rotatable bonds is 5. The van der Waals surface area contributed by atoms with E-state index < -0.39 is 5.82 Å². The predicted octanol–water partition coefficient (Wildman–Crippen LogP) is 4.37. The van der Waals surface area contributed by atoms with Crippen molar-refractivity contribution in [2.75, 3.05) is 7.11 Å². The summed E-state index contributed by atoms with van der Waals surface area (Å²) in [6, 6.07) is 12.3. The number of thiazole rings is 1. The van der Waals surface area contributed by atoms with Gasteiger partial charge in [0.05, 0.1) is 7.11 Å². The second-order valence-corrected chi connectivity index (χ2v) is 6.60. The number of methoxy groups -OCH3 is 1. The summed E-state index contributed by atoms with van der Waals surface area (Å²) in [6.45, 7) is 0. The van der Waals surface area contributed by atoms with Gasteiger partial charge in [0.1, 0.15) is 12.0 Å². The van der Waals surface area contributed by atoms with Crippen LogP contribution < -0.4 is 4.74 Å². The molecular formula is C20H14FN3O2S. The van der Waals surface area contributed by atoms with E-state index in [1.807, 2.05) is 24.3 Å². The molecule has 4 rings (SSSR count). The summed E-state index contributed by atoms with van der Waals surface area (Å²) in [5.41, 5.74) is 2.56. The Kier molecular flexibility index (Phi) is 4.52. The van der Waals surface area contributed by atoms with Gasteiger partial charge >= 0.3 is 0 Å². The fraction of sp³-hybridized carbons (Fsp3) is 0.0500. The van der Waals surface area contributed by atoms with Crippen LogP contribution in [0.1, 0.15) is 15.5 Å². The molecule has 134 valence electrons. The number of carbonyl (C=O) groups is 1. The molecule has 27 heavy (non-hydrogen) atoms. The summed E-state index contributed by atoms with van der Waals surface area (Å²) in [4.78, 5) is 20.6. The lowest BCUT2D eigenvalue weighted by Gasteiger charge is -2.11. The number of halogens is 1. The maximum atomic E-state index is 14.0. The van der Waals surface area contributed by atoms with Crippen molar-refractivity contribution in [3.63, 3.8) is 0 Å². The van der Waals surface area contributed by atoms with E-state index in [-0.39, 0.29) is 11.5 Å². The fourth-order valence-electron chi connectivity index (χ4n) is 2.80. The van der Waals surface area contributed by atoms with E-state index in [1.54, 1.807) is 40.8 Å². The van der Waals surface area contributed by atoms with Crippen LogP contribution in [0.3, 0.4) is 0 Å². The Bertz CT molecular complexity index is 1110. The summed E-state index contributed by atoms with van der Waals surface area (Å²) in [6.07, 6.45) is 4.82. The Balaban J connectivity index is 1.70. The normalized spacial score (nSPS) is 10.7. The van der Waals surface area contributed by atoms with E-state index in [1.165, 1.54) is 24.5 Å². The number of nitrogens with zero attached hydrogens (tertiary/aromatic N) is 3. The van der Waals surface area contributed by atoms with E-state index >= 15 is 0 Å². The third-order valence-corrected chi connectivity index (χ3v) is 4.84. The average Bonchev–Trinajstić information content (AvgIpc) is 3.39. The Morgan fingerprint density at radius 2 is 2.04 bits per heavy atom. The second-order valence-electron chi connectivity index (χ2n) is 5.70. The molecule has 0 amide bonds. The van der Waals surface area contributed by atoms with Crippen LogP contribution in [0.4, 0.5) is 4.39 Å². The summed E-state index contributed by atoms with van der Waals surface area (Å²) in [5, 5.41) is 2.15. The van der Waals surface area contributed by atoms with E-state index in [0.717, 1.165) is 11.3 Å². The van der Waals surface area contributed by atoms with Crippen LogP contribution in [0.15, 0.2) is 66.6 Å². The smallest absolute Gasteiger partial charge is 0.241 e. The first-order valence-corrected chi connectivity index (χ1v) is 8.97. The Morgan fingerprint density at radius 3 is 2.81 bits per heavy atom. The third kappa shape index (κ3) is 3.24. The zero-order chi connectivity index (χ0) is 18.8. The van der Waals surface area contributed by atoms with Crippen LogP contribution in [0.2, 0.25) is 0 Å². The number of hydrogen-bond donors (Lipinski definition) is 0. The topological polar surface area (TPSA) is 57.0 Å². The van der Waals surface area contributed by atoms with Gasteiger partial charge in [-0.15, -0.1) is 11.3 Å². The molecule has 0 aliphatic rings. The summed E-state index contributed by atoms with van der Waals surface area (Å²) in [7, 11) is 1.44. The number of benzene rings is 2. The number of hydrogen-bond acceptors (Lipinski definition) is 5. The quantitative estimate of drug-likeness (QED) is 0.483. The van der Waals surface area contributed by atoms with Crippen molar-refractivity contribution >= 4 is 17.1 Å². The average molecular weight is 379 g/mol. The zero-order valence-corrected chi connectivity index (χ0v) is 15.1. The maximum absolute atomic E-state index is 14.0. The largest absolute Gasteiger partial charge is 0.493 e. The first-order chi connectivity index (χ1) is 13.2. The fourth-order valence-corrected chi connectivity index (χ4v) is 3.39. The minimum Gasteiger partial charge on any atom is -0.493 e. The first kappa shape index (κ1) is 17.1. The summed E-state index contributed by atoms with van der Waals surface area (Å²) in [5.74, 6) is -0.439. The zero-order valence-electron chi connectivity index (χ0n) is 14.3. The molecule has 0 saturated carbocycles. The highest BCUT2D eigenvalue weighted by Gasteiger charge is 2.16. The van der Waals surface area contributed by atoms with Crippen LogP contribution in [-0.2, 0) is 0 Å². The second kappa shape index (κ2) is 7.13. The summed E-state index contributed by atoms with van der Waals surface area (Å²) >= 11 is 1.28. The monoisotopic (exact) mass is 379 g/mol. The van der Waals surface area contributed by atoms with Gasteiger partial charge in [0, 0.05) is 29.0 Å². The van der Waals surface area contributed by atoms with Gasteiger partial charge in [-0.3, -0.25) is 4.79 Å². The maximum Gasteiger partial charge on any atom is 0.241 e. The van der Waals surface area contributed by atoms with Crippen molar-refractivity contribution in [1.82, 2.24) is 14.5 Å². The molecule has 2 aromatic carbocycles. The molecule has 0 unspecified atom stereocenters. The molecule has 0 saturated heterocycles.